The number of halogens is 1. The SMILES string of the molecule is CC(C)(O)C(=O)c1ccc(OCCBr)cc1. The summed E-state index contributed by atoms with van der Waals surface area (Å²) in [5.41, 5.74) is -0.850. The van der Waals surface area contributed by atoms with Gasteiger partial charge in [0.15, 0.2) is 5.78 Å². The Morgan fingerprint density at radius 3 is 2.38 bits per heavy atom. The van der Waals surface area contributed by atoms with Gasteiger partial charge in [-0.05, 0) is 38.1 Å². The van der Waals surface area contributed by atoms with Gasteiger partial charge in [-0.1, -0.05) is 15.9 Å². The van der Waals surface area contributed by atoms with E-state index in [0.717, 1.165) is 5.33 Å². The van der Waals surface area contributed by atoms with Crippen molar-refractivity contribution in [1.29, 1.82) is 0 Å². The van der Waals surface area contributed by atoms with Gasteiger partial charge in [0.05, 0.1) is 6.61 Å². The van der Waals surface area contributed by atoms with Crippen molar-refractivity contribution < 1.29 is 14.6 Å². The van der Waals surface area contributed by atoms with E-state index < -0.39 is 5.60 Å². The van der Waals surface area contributed by atoms with Crippen LogP contribution in [0.4, 0.5) is 0 Å². The van der Waals surface area contributed by atoms with Gasteiger partial charge in [0.25, 0.3) is 0 Å². The van der Waals surface area contributed by atoms with Crippen molar-refractivity contribution in [2.75, 3.05) is 11.9 Å². The molecule has 1 rings (SSSR count). The van der Waals surface area contributed by atoms with Gasteiger partial charge in [-0.3, -0.25) is 4.79 Å². The summed E-state index contributed by atoms with van der Waals surface area (Å²) < 4.78 is 5.35. The number of benzene rings is 1. The van der Waals surface area contributed by atoms with Gasteiger partial charge < -0.3 is 9.84 Å². The van der Waals surface area contributed by atoms with Crippen molar-refractivity contribution in [3.05, 3.63) is 29.8 Å². The maximum atomic E-state index is 11.7. The van der Waals surface area contributed by atoms with Crippen molar-refractivity contribution in [2.45, 2.75) is 19.4 Å². The van der Waals surface area contributed by atoms with E-state index in [2.05, 4.69) is 15.9 Å². The number of aliphatic hydroxyl groups is 1. The minimum atomic E-state index is -1.34. The van der Waals surface area contributed by atoms with Crippen LogP contribution < -0.4 is 4.74 Å². The van der Waals surface area contributed by atoms with Crippen LogP contribution >= 0.6 is 15.9 Å². The minimum Gasteiger partial charge on any atom is -0.493 e. The summed E-state index contributed by atoms with van der Waals surface area (Å²) in [6, 6.07) is 6.76. The molecule has 0 amide bonds. The third-order valence-corrected chi connectivity index (χ3v) is 2.34. The lowest BCUT2D eigenvalue weighted by Gasteiger charge is -2.15. The van der Waals surface area contributed by atoms with Crippen LogP contribution in [0, 0.1) is 0 Å². The second kappa shape index (κ2) is 5.46. The van der Waals surface area contributed by atoms with Crippen LogP contribution in [-0.4, -0.2) is 28.4 Å². The average Bonchev–Trinajstić information content (AvgIpc) is 2.25. The predicted octanol–water partition coefficient (Wildman–Crippen LogP) is 2.41. The number of ether oxygens (including phenoxy) is 1. The van der Waals surface area contributed by atoms with Crippen LogP contribution in [0.1, 0.15) is 24.2 Å². The number of rotatable bonds is 5. The van der Waals surface area contributed by atoms with Crippen LogP contribution in [0.2, 0.25) is 0 Å². The summed E-state index contributed by atoms with van der Waals surface area (Å²) in [5, 5.41) is 10.3. The quantitative estimate of drug-likeness (QED) is 0.668. The van der Waals surface area contributed by atoms with Gasteiger partial charge in [-0.15, -0.1) is 0 Å². The van der Waals surface area contributed by atoms with Crippen LogP contribution in [0.5, 0.6) is 5.75 Å². The highest BCUT2D eigenvalue weighted by Gasteiger charge is 2.24. The van der Waals surface area contributed by atoms with Crippen LogP contribution in [0.15, 0.2) is 24.3 Å². The predicted molar refractivity (Wildman–Crippen MR) is 66.4 cm³/mol. The first-order valence-electron chi connectivity index (χ1n) is 5.01. The monoisotopic (exact) mass is 286 g/mol. The van der Waals surface area contributed by atoms with Gasteiger partial charge in [0.2, 0.25) is 0 Å². The van der Waals surface area contributed by atoms with E-state index in [-0.39, 0.29) is 5.78 Å². The standard InChI is InChI=1S/C12H15BrO3/c1-12(2,15)11(14)9-3-5-10(6-4-9)16-8-7-13/h3-6,15H,7-8H2,1-2H3. The summed E-state index contributed by atoms with van der Waals surface area (Å²) in [4.78, 5) is 11.7. The first kappa shape index (κ1) is 13.2. The molecule has 3 nitrogen and oxygen atoms in total. The fraction of sp³-hybridized carbons (Fsp3) is 0.417. The Kier molecular flexibility index (Phi) is 4.50. The summed E-state index contributed by atoms with van der Waals surface area (Å²) in [6.45, 7) is 3.54. The molecule has 0 fully saturated rings. The molecular formula is C12H15BrO3. The normalized spacial score (nSPS) is 11.2. The Hall–Kier alpha value is -0.870. The van der Waals surface area contributed by atoms with Gasteiger partial charge in [-0.2, -0.15) is 0 Å². The Morgan fingerprint density at radius 2 is 1.94 bits per heavy atom. The molecule has 1 aromatic carbocycles. The van der Waals surface area contributed by atoms with E-state index >= 15 is 0 Å². The molecule has 0 bridgehead atoms. The molecule has 0 aliphatic rings. The lowest BCUT2D eigenvalue weighted by atomic mass is 9.97. The van der Waals surface area contributed by atoms with E-state index in [0.29, 0.717) is 17.9 Å². The second-order valence-corrected chi connectivity index (χ2v) is 4.74. The molecule has 16 heavy (non-hydrogen) atoms. The molecule has 0 unspecified atom stereocenters. The van der Waals surface area contributed by atoms with Crippen LogP contribution in [0.25, 0.3) is 0 Å². The summed E-state index contributed by atoms with van der Waals surface area (Å²) in [6.07, 6.45) is 0. The van der Waals surface area contributed by atoms with E-state index in [1.807, 2.05) is 0 Å². The highest BCUT2D eigenvalue weighted by Crippen LogP contribution is 2.17. The molecule has 0 saturated carbocycles. The van der Waals surface area contributed by atoms with Crippen molar-refractivity contribution in [3.63, 3.8) is 0 Å². The van der Waals surface area contributed by atoms with Crippen molar-refractivity contribution in [3.8, 4) is 5.75 Å². The van der Waals surface area contributed by atoms with Crippen LogP contribution in [0.3, 0.4) is 0 Å². The first-order valence-corrected chi connectivity index (χ1v) is 6.13. The molecule has 1 aromatic rings. The smallest absolute Gasteiger partial charge is 0.193 e. The number of ketones is 1. The first-order chi connectivity index (χ1) is 7.45. The third kappa shape index (κ3) is 3.61. The van der Waals surface area contributed by atoms with Gasteiger partial charge in [0.1, 0.15) is 11.4 Å². The van der Waals surface area contributed by atoms with Crippen molar-refractivity contribution >= 4 is 21.7 Å². The molecule has 0 radical (unpaired) electrons. The fourth-order valence-corrected chi connectivity index (χ4v) is 1.37. The maximum absolute atomic E-state index is 11.7. The molecule has 0 saturated heterocycles. The zero-order chi connectivity index (χ0) is 12.2. The number of alkyl halides is 1. The number of hydrogen-bond acceptors (Lipinski definition) is 3. The molecular weight excluding hydrogens is 272 g/mol. The number of carbonyl (C=O) groups is 1. The van der Waals surface area contributed by atoms with Gasteiger partial charge >= 0.3 is 0 Å². The van der Waals surface area contributed by atoms with E-state index in [1.165, 1.54) is 13.8 Å². The topological polar surface area (TPSA) is 46.5 Å². The third-order valence-electron chi connectivity index (χ3n) is 2.02. The van der Waals surface area contributed by atoms with E-state index in [4.69, 9.17) is 4.74 Å². The molecule has 0 heterocycles. The fourth-order valence-electron chi connectivity index (χ4n) is 1.21. The lowest BCUT2D eigenvalue weighted by Crippen LogP contribution is -2.30. The van der Waals surface area contributed by atoms with Crippen molar-refractivity contribution in [2.24, 2.45) is 0 Å². The summed E-state index contributed by atoms with van der Waals surface area (Å²) >= 11 is 3.26. The maximum Gasteiger partial charge on any atom is 0.193 e. The van der Waals surface area contributed by atoms with Gasteiger partial charge in [0, 0.05) is 10.9 Å². The second-order valence-electron chi connectivity index (χ2n) is 3.95. The molecule has 88 valence electrons. The Morgan fingerprint density at radius 1 is 1.38 bits per heavy atom. The molecule has 0 atom stereocenters. The van der Waals surface area contributed by atoms with E-state index in [1.54, 1.807) is 24.3 Å². The Bertz CT molecular complexity index is 352. The largest absolute Gasteiger partial charge is 0.493 e. The highest BCUT2D eigenvalue weighted by atomic mass is 79.9. The zero-order valence-corrected chi connectivity index (χ0v) is 11.0. The summed E-state index contributed by atoms with van der Waals surface area (Å²) in [7, 11) is 0. The summed E-state index contributed by atoms with van der Waals surface area (Å²) in [5.74, 6) is 0.422. The Labute approximate surface area is 104 Å². The van der Waals surface area contributed by atoms with Gasteiger partial charge in [-0.25, -0.2) is 0 Å². The zero-order valence-electron chi connectivity index (χ0n) is 9.37. The molecule has 0 aromatic heterocycles. The molecule has 0 spiro atoms. The molecule has 0 aliphatic heterocycles. The molecule has 0 aliphatic carbocycles. The number of carbonyl (C=O) groups excluding carboxylic acids is 1. The van der Waals surface area contributed by atoms with E-state index in [9.17, 15) is 9.90 Å². The number of hydrogen-bond donors (Lipinski definition) is 1. The Balaban J connectivity index is 2.75. The minimum absolute atomic E-state index is 0.292. The highest BCUT2D eigenvalue weighted by molar-refractivity contribution is 9.09. The lowest BCUT2D eigenvalue weighted by molar-refractivity contribution is 0.0488. The van der Waals surface area contributed by atoms with Crippen LogP contribution in [-0.2, 0) is 0 Å². The molecule has 4 heteroatoms. The molecule has 1 N–H and O–H groups in total. The number of Topliss-reactive ketones (excluding diaryl/α,β-unsaturated/α-hetero) is 1. The average molecular weight is 287 g/mol. The van der Waals surface area contributed by atoms with Crippen molar-refractivity contribution in [1.82, 2.24) is 0 Å².